The fourth-order valence-electron chi connectivity index (χ4n) is 3.76. The molecule has 0 aliphatic rings. The maximum atomic E-state index is 12.9. The quantitative estimate of drug-likeness (QED) is 0.111. The monoisotopic (exact) mass is 579 g/mol. The molecule has 0 radical (unpaired) electrons. The number of carbonyl (C=O) groups excluding carboxylic acids is 2. The lowest BCUT2D eigenvalue weighted by Crippen LogP contribution is -2.47. The summed E-state index contributed by atoms with van der Waals surface area (Å²) in [6.07, 6.45) is 6.28. The van der Waals surface area contributed by atoms with E-state index in [0.29, 0.717) is 42.2 Å². The van der Waals surface area contributed by atoms with Gasteiger partial charge in [-0.15, -0.1) is 6.42 Å². The van der Waals surface area contributed by atoms with Gasteiger partial charge in [0, 0.05) is 31.3 Å². The van der Waals surface area contributed by atoms with Crippen LogP contribution in [-0.4, -0.2) is 88.9 Å². The number of ether oxygens (including phenoxy) is 2. The number of fused-ring (bicyclic) bond motifs is 1. The number of nitrogens with zero attached hydrogens (tertiary/aromatic N) is 5. The number of carboxylic acids is 1. The van der Waals surface area contributed by atoms with Crippen LogP contribution in [0.3, 0.4) is 0 Å². The van der Waals surface area contributed by atoms with Gasteiger partial charge in [0.25, 0.3) is 5.91 Å². The molecule has 0 aliphatic carbocycles. The van der Waals surface area contributed by atoms with E-state index in [4.69, 9.17) is 32.5 Å². The standard InChI is InChI=1S/C27H33N9O6/c1-3-11-41-13-14-42-12-10-30-26(40)20(8-9-21(37)38)33-25(39)17-4-6-19(7-5-17)36(2)16-18-15-31-24-22(32-18)23(28)34-27(29)35-24/h1,4-7,15,20H,8-14,16H2,2H3,(H,30,40)(H,33,39)(H,37,38)(H4,28,29,31,34,35)/t20-/m0/s1. The molecule has 0 bridgehead atoms. The first-order valence-electron chi connectivity index (χ1n) is 12.9. The van der Waals surface area contributed by atoms with Gasteiger partial charge >= 0.3 is 5.97 Å². The first-order chi connectivity index (χ1) is 20.2. The van der Waals surface area contributed by atoms with Gasteiger partial charge in [-0.3, -0.25) is 14.4 Å². The van der Waals surface area contributed by atoms with Gasteiger partial charge < -0.3 is 41.6 Å². The Balaban J connectivity index is 1.56. The summed E-state index contributed by atoms with van der Waals surface area (Å²) in [4.78, 5) is 55.2. The molecule has 2 amide bonds. The predicted molar refractivity (Wildman–Crippen MR) is 154 cm³/mol. The fraction of sp³-hybridized carbons (Fsp3) is 0.370. The maximum absolute atomic E-state index is 12.9. The Bertz CT molecular complexity index is 1430. The number of nitrogens with two attached hydrogens (primary N) is 2. The van der Waals surface area contributed by atoms with E-state index in [0.717, 1.165) is 5.69 Å². The van der Waals surface area contributed by atoms with Gasteiger partial charge in [-0.2, -0.15) is 9.97 Å². The van der Waals surface area contributed by atoms with Crippen LogP contribution >= 0.6 is 0 Å². The molecule has 3 aromatic rings. The van der Waals surface area contributed by atoms with Crippen LogP contribution in [0.2, 0.25) is 0 Å². The second kappa shape index (κ2) is 15.6. The van der Waals surface area contributed by atoms with Gasteiger partial charge in [-0.05, 0) is 30.7 Å². The average Bonchev–Trinajstić information content (AvgIpc) is 2.96. The van der Waals surface area contributed by atoms with Gasteiger partial charge in [0.2, 0.25) is 11.9 Å². The van der Waals surface area contributed by atoms with Gasteiger partial charge in [-0.1, -0.05) is 5.92 Å². The van der Waals surface area contributed by atoms with Crippen LogP contribution in [0.1, 0.15) is 28.9 Å². The van der Waals surface area contributed by atoms with E-state index < -0.39 is 23.8 Å². The molecule has 222 valence electrons. The van der Waals surface area contributed by atoms with E-state index >= 15 is 0 Å². The first-order valence-corrected chi connectivity index (χ1v) is 12.9. The molecule has 2 heterocycles. The first kappa shape index (κ1) is 31.5. The molecule has 1 aromatic carbocycles. The Morgan fingerprint density at radius 3 is 2.55 bits per heavy atom. The highest BCUT2D eigenvalue weighted by molar-refractivity contribution is 5.98. The van der Waals surface area contributed by atoms with E-state index in [9.17, 15) is 14.4 Å². The molecule has 0 aliphatic heterocycles. The number of nitrogen functional groups attached to an aromatic ring is 2. The third kappa shape index (κ3) is 9.54. The highest BCUT2D eigenvalue weighted by Gasteiger charge is 2.22. The van der Waals surface area contributed by atoms with Crippen LogP contribution in [0.15, 0.2) is 30.5 Å². The van der Waals surface area contributed by atoms with Gasteiger partial charge in [0.15, 0.2) is 17.0 Å². The van der Waals surface area contributed by atoms with Crippen molar-refractivity contribution in [3.8, 4) is 12.3 Å². The molecule has 1 atom stereocenters. The van der Waals surface area contributed by atoms with Crippen molar-refractivity contribution in [2.75, 3.05) is 56.4 Å². The van der Waals surface area contributed by atoms with Crippen molar-refractivity contribution in [3.63, 3.8) is 0 Å². The molecular weight excluding hydrogens is 546 g/mol. The van der Waals surface area contributed by atoms with E-state index in [1.54, 1.807) is 30.5 Å². The number of hydrogen-bond donors (Lipinski definition) is 5. The molecule has 15 heteroatoms. The predicted octanol–water partition coefficient (Wildman–Crippen LogP) is -0.0336. The highest BCUT2D eigenvalue weighted by atomic mass is 16.5. The Morgan fingerprint density at radius 2 is 1.83 bits per heavy atom. The fourth-order valence-corrected chi connectivity index (χ4v) is 3.76. The number of rotatable bonds is 16. The molecule has 0 spiro atoms. The molecule has 7 N–H and O–H groups in total. The van der Waals surface area contributed by atoms with Crippen molar-refractivity contribution in [1.82, 2.24) is 30.6 Å². The number of aromatic nitrogens is 4. The number of benzene rings is 1. The number of hydrogen-bond acceptors (Lipinski definition) is 12. The van der Waals surface area contributed by atoms with Gasteiger partial charge in [0.05, 0.1) is 38.3 Å². The lowest BCUT2D eigenvalue weighted by atomic mass is 10.1. The van der Waals surface area contributed by atoms with Crippen molar-refractivity contribution in [2.45, 2.75) is 25.4 Å². The van der Waals surface area contributed by atoms with Crippen LogP contribution in [0.5, 0.6) is 0 Å². The molecule has 0 saturated carbocycles. The van der Waals surface area contributed by atoms with Crippen molar-refractivity contribution < 1.29 is 29.0 Å². The number of nitrogens with one attached hydrogen (secondary N) is 2. The van der Waals surface area contributed by atoms with Crippen molar-refractivity contribution in [3.05, 3.63) is 41.7 Å². The molecule has 2 aromatic heterocycles. The van der Waals surface area contributed by atoms with E-state index in [-0.39, 0.29) is 44.4 Å². The van der Waals surface area contributed by atoms with Crippen molar-refractivity contribution >= 4 is 46.4 Å². The normalized spacial score (nSPS) is 11.4. The second-order valence-corrected chi connectivity index (χ2v) is 9.02. The minimum atomic E-state index is -1.08. The van der Waals surface area contributed by atoms with E-state index in [1.165, 1.54) is 0 Å². The topological polar surface area (TPSA) is 221 Å². The molecule has 0 unspecified atom stereocenters. The molecule has 15 nitrogen and oxygen atoms in total. The third-order valence-electron chi connectivity index (χ3n) is 5.84. The molecular formula is C27H33N9O6. The van der Waals surface area contributed by atoms with Crippen molar-refractivity contribution in [1.29, 1.82) is 0 Å². The summed E-state index contributed by atoms with van der Waals surface area (Å²) in [6.45, 7) is 1.56. The van der Waals surface area contributed by atoms with Crippen LogP contribution in [0.25, 0.3) is 11.2 Å². The van der Waals surface area contributed by atoms with Crippen LogP contribution in [0.4, 0.5) is 17.5 Å². The third-order valence-corrected chi connectivity index (χ3v) is 5.84. The number of anilines is 3. The summed E-state index contributed by atoms with van der Waals surface area (Å²) >= 11 is 0. The molecule has 3 rings (SSSR count). The number of amides is 2. The second-order valence-electron chi connectivity index (χ2n) is 9.02. The van der Waals surface area contributed by atoms with Crippen LogP contribution < -0.4 is 27.0 Å². The number of carbonyl (C=O) groups is 3. The zero-order chi connectivity index (χ0) is 30.5. The summed E-state index contributed by atoms with van der Waals surface area (Å²) in [5, 5.41) is 14.3. The zero-order valence-corrected chi connectivity index (χ0v) is 23.1. The summed E-state index contributed by atoms with van der Waals surface area (Å²) in [6, 6.07) is 5.62. The lowest BCUT2D eigenvalue weighted by Gasteiger charge is -2.20. The summed E-state index contributed by atoms with van der Waals surface area (Å²) in [7, 11) is 1.84. The molecule has 0 fully saturated rings. The summed E-state index contributed by atoms with van der Waals surface area (Å²) in [5.41, 5.74) is 13.8. The number of aliphatic carboxylic acids is 1. The van der Waals surface area contributed by atoms with Crippen LogP contribution in [0, 0.1) is 12.3 Å². The van der Waals surface area contributed by atoms with Crippen LogP contribution in [-0.2, 0) is 25.6 Å². The Hall–Kier alpha value is -5.07. The SMILES string of the molecule is C#CCOCCOCCNC(=O)[C@H](CCC(=O)O)NC(=O)c1ccc(N(C)Cc2cnc3nc(N)nc(N)c3n2)cc1. The molecule has 0 saturated heterocycles. The summed E-state index contributed by atoms with van der Waals surface area (Å²) < 4.78 is 10.4. The smallest absolute Gasteiger partial charge is 0.303 e. The van der Waals surface area contributed by atoms with Crippen molar-refractivity contribution in [2.24, 2.45) is 0 Å². The maximum Gasteiger partial charge on any atom is 0.303 e. The van der Waals surface area contributed by atoms with E-state index in [1.807, 2.05) is 11.9 Å². The minimum absolute atomic E-state index is 0.0150. The van der Waals surface area contributed by atoms with Gasteiger partial charge in [-0.25, -0.2) is 9.97 Å². The summed E-state index contributed by atoms with van der Waals surface area (Å²) in [5.74, 6) is 0.371. The largest absolute Gasteiger partial charge is 0.481 e. The minimum Gasteiger partial charge on any atom is -0.481 e. The average molecular weight is 580 g/mol. The Labute approximate surface area is 242 Å². The number of terminal acetylenes is 1. The van der Waals surface area contributed by atoms with Gasteiger partial charge in [0.1, 0.15) is 12.6 Å². The highest BCUT2D eigenvalue weighted by Crippen LogP contribution is 2.19. The Kier molecular flexibility index (Phi) is 11.7. The number of carboxylic acid groups (broad SMARTS) is 1. The molecule has 42 heavy (non-hydrogen) atoms. The Morgan fingerprint density at radius 1 is 1.10 bits per heavy atom. The van der Waals surface area contributed by atoms with E-state index in [2.05, 4.69) is 36.5 Å². The zero-order valence-electron chi connectivity index (χ0n) is 23.1. The lowest BCUT2D eigenvalue weighted by molar-refractivity contribution is -0.137.